The van der Waals surface area contributed by atoms with Crippen molar-refractivity contribution in [2.24, 2.45) is 5.41 Å². The zero-order valence-electron chi connectivity index (χ0n) is 6.90. The molecule has 0 heterocycles. The first-order valence-electron chi connectivity index (χ1n) is 3.30. The van der Waals surface area contributed by atoms with Crippen molar-refractivity contribution >= 4 is 32.3 Å². The number of amides is 1. The quantitative estimate of drug-likeness (QED) is 0.603. The summed E-state index contributed by atoms with van der Waals surface area (Å²) in [7, 11) is 0. The van der Waals surface area contributed by atoms with Gasteiger partial charge in [0.05, 0.1) is 6.54 Å². The zero-order chi connectivity index (χ0) is 9.07. The molecule has 3 nitrogen and oxygen atoms in total. The van der Waals surface area contributed by atoms with Crippen LogP contribution < -0.4 is 5.32 Å². The topological polar surface area (TPSA) is 46.2 Å². The van der Waals surface area contributed by atoms with Crippen molar-refractivity contribution < 1.29 is 9.59 Å². The van der Waals surface area contributed by atoms with Gasteiger partial charge in [-0.2, -0.15) is 0 Å². The molecule has 0 fully saturated rings. The fourth-order valence-corrected chi connectivity index (χ4v) is 0.606. The lowest BCUT2D eigenvalue weighted by Gasteiger charge is -2.16. The van der Waals surface area contributed by atoms with Gasteiger partial charge in [-0.05, 0) is 0 Å². The van der Waals surface area contributed by atoms with Gasteiger partial charge < -0.3 is 5.32 Å². The van der Waals surface area contributed by atoms with Crippen LogP contribution in [0.1, 0.15) is 20.8 Å². The fraction of sp³-hybridized carbons (Fsp3) is 0.714. The summed E-state index contributed by atoms with van der Waals surface area (Å²) in [4.78, 5) is 21.5. The van der Waals surface area contributed by atoms with Gasteiger partial charge in [-0.3, -0.25) is 9.59 Å². The second kappa shape index (κ2) is 4.04. The Morgan fingerprint density at radius 1 is 1.36 bits per heavy atom. The fourth-order valence-electron chi connectivity index (χ4n) is 0.415. The van der Waals surface area contributed by atoms with Crippen LogP contribution in [0.3, 0.4) is 0 Å². The molecule has 0 saturated heterocycles. The molecule has 0 aliphatic rings. The van der Waals surface area contributed by atoms with Crippen molar-refractivity contribution in [3.63, 3.8) is 0 Å². The van der Waals surface area contributed by atoms with Crippen LogP contribution in [0, 0.1) is 5.41 Å². The van der Waals surface area contributed by atoms with Crippen LogP contribution in [0.15, 0.2) is 0 Å². The van der Waals surface area contributed by atoms with Crippen LogP contribution in [-0.4, -0.2) is 16.2 Å². The van der Waals surface area contributed by atoms with Gasteiger partial charge in [0.2, 0.25) is 9.70 Å². The van der Waals surface area contributed by atoms with Gasteiger partial charge in [-0.15, -0.1) is 0 Å². The largest absolute Gasteiger partial charge is 0.348 e. The van der Waals surface area contributed by atoms with Gasteiger partial charge in [-0.1, -0.05) is 20.8 Å². The van der Waals surface area contributed by atoms with Crippen LogP contribution >= 0.6 is 22.6 Å². The summed E-state index contributed by atoms with van der Waals surface area (Å²) in [6, 6.07) is 0. The van der Waals surface area contributed by atoms with Crippen molar-refractivity contribution in [2.75, 3.05) is 6.54 Å². The average molecular weight is 269 g/mol. The van der Waals surface area contributed by atoms with E-state index >= 15 is 0 Å². The molecule has 64 valence electrons. The van der Waals surface area contributed by atoms with E-state index in [9.17, 15) is 9.59 Å². The van der Waals surface area contributed by atoms with Gasteiger partial charge in [0.25, 0.3) is 0 Å². The number of hydrogen-bond acceptors (Lipinski definition) is 2. The van der Waals surface area contributed by atoms with E-state index in [-0.39, 0.29) is 16.2 Å². The third-order valence-electron chi connectivity index (χ3n) is 1.07. The van der Waals surface area contributed by atoms with Gasteiger partial charge in [0, 0.05) is 28.0 Å². The lowest BCUT2D eigenvalue weighted by atomic mass is 9.96. The minimum Gasteiger partial charge on any atom is -0.348 e. The Labute approximate surface area is 80.1 Å². The van der Waals surface area contributed by atoms with Crippen molar-refractivity contribution in [1.29, 1.82) is 0 Å². The lowest BCUT2D eigenvalue weighted by molar-refractivity contribution is -0.129. The predicted octanol–water partition coefficient (Wildman–Crippen LogP) is 1.11. The summed E-state index contributed by atoms with van der Waals surface area (Å²) in [5.74, 6) is -0.0949. The minimum atomic E-state index is -0.411. The maximum atomic E-state index is 11.1. The summed E-state index contributed by atoms with van der Waals surface area (Å²) in [5, 5.41) is 2.53. The zero-order valence-corrected chi connectivity index (χ0v) is 9.06. The molecule has 0 atom stereocenters. The van der Waals surface area contributed by atoms with E-state index in [0.717, 1.165) is 0 Å². The predicted molar refractivity (Wildman–Crippen MR) is 51.5 cm³/mol. The number of hydrogen-bond donors (Lipinski definition) is 1. The van der Waals surface area contributed by atoms with Gasteiger partial charge in [0.1, 0.15) is 0 Å². The maximum absolute atomic E-state index is 11.1. The molecule has 4 heteroatoms. The Balaban J connectivity index is 3.80. The van der Waals surface area contributed by atoms with Crippen molar-refractivity contribution in [2.45, 2.75) is 20.8 Å². The number of nitrogens with one attached hydrogen (secondary N) is 1. The van der Waals surface area contributed by atoms with E-state index in [1.165, 1.54) is 0 Å². The molecule has 0 radical (unpaired) electrons. The summed E-state index contributed by atoms with van der Waals surface area (Å²) >= 11 is 1.65. The van der Waals surface area contributed by atoms with Crippen LogP contribution in [0.4, 0.5) is 0 Å². The number of rotatable bonds is 2. The molecular weight excluding hydrogens is 257 g/mol. The van der Waals surface area contributed by atoms with E-state index in [2.05, 4.69) is 5.32 Å². The van der Waals surface area contributed by atoms with Crippen LogP contribution in [0.5, 0.6) is 0 Å². The van der Waals surface area contributed by atoms with E-state index in [1.54, 1.807) is 43.4 Å². The van der Waals surface area contributed by atoms with Gasteiger partial charge in [0.15, 0.2) is 0 Å². The highest BCUT2D eigenvalue weighted by atomic mass is 127. The second-order valence-corrected chi connectivity index (χ2v) is 4.49. The van der Waals surface area contributed by atoms with Crippen molar-refractivity contribution in [3.05, 3.63) is 0 Å². The SMILES string of the molecule is CC(C)(C)C(=O)NCC(=O)I. The summed E-state index contributed by atoms with van der Waals surface area (Å²) in [6.07, 6.45) is 0. The minimum absolute atomic E-state index is 0.0554. The molecule has 0 aliphatic carbocycles. The van der Waals surface area contributed by atoms with E-state index in [0.29, 0.717) is 0 Å². The molecule has 0 bridgehead atoms. The van der Waals surface area contributed by atoms with Crippen LogP contribution in [-0.2, 0) is 9.59 Å². The molecule has 0 aromatic carbocycles. The summed E-state index contributed by atoms with van der Waals surface area (Å²) < 4.78 is -0.0554. The van der Waals surface area contributed by atoms with Crippen molar-refractivity contribution in [3.8, 4) is 0 Å². The molecule has 0 aromatic rings. The molecule has 0 saturated carbocycles. The number of carbonyl (C=O) groups excluding carboxylic acids is 2. The maximum Gasteiger partial charge on any atom is 0.225 e. The van der Waals surface area contributed by atoms with Crippen LogP contribution in [0.2, 0.25) is 0 Å². The highest BCUT2D eigenvalue weighted by molar-refractivity contribution is 14.1. The van der Waals surface area contributed by atoms with Gasteiger partial charge in [-0.25, -0.2) is 0 Å². The van der Waals surface area contributed by atoms with E-state index in [1.807, 2.05) is 0 Å². The third-order valence-corrected chi connectivity index (χ3v) is 1.45. The van der Waals surface area contributed by atoms with Crippen LogP contribution in [0.25, 0.3) is 0 Å². The molecule has 0 spiro atoms. The molecule has 11 heavy (non-hydrogen) atoms. The van der Waals surface area contributed by atoms with Crippen molar-refractivity contribution in [1.82, 2.24) is 5.32 Å². The highest BCUT2D eigenvalue weighted by Gasteiger charge is 2.20. The first-order chi connectivity index (χ1) is 4.84. The molecule has 0 rings (SSSR count). The van der Waals surface area contributed by atoms with E-state index < -0.39 is 5.41 Å². The number of carbonyl (C=O) groups is 2. The molecular formula is C7H12INO2. The molecule has 1 N–H and O–H groups in total. The molecule has 0 aliphatic heterocycles. The Kier molecular flexibility index (Phi) is 3.99. The Bertz CT molecular complexity index is 172. The Morgan fingerprint density at radius 3 is 2.09 bits per heavy atom. The first kappa shape index (κ1) is 10.9. The normalized spacial score (nSPS) is 10.9. The molecule has 0 aromatic heterocycles. The lowest BCUT2D eigenvalue weighted by Crippen LogP contribution is -2.36. The molecule has 1 amide bonds. The smallest absolute Gasteiger partial charge is 0.225 e. The van der Waals surface area contributed by atoms with Gasteiger partial charge >= 0.3 is 0 Å². The second-order valence-electron chi connectivity index (χ2n) is 3.29. The Hall–Kier alpha value is -0.130. The summed E-state index contributed by atoms with van der Waals surface area (Å²) in [6.45, 7) is 5.54. The summed E-state index contributed by atoms with van der Waals surface area (Å²) in [5.41, 5.74) is -0.411. The standard InChI is InChI=1S/C7H12INO2/c1-7(2,3)6(11)9-4-5(8)10/h4H2,1-3H3,(H,9,11). The Morgan fingerprint density at radius 2 is 1.82 bits per heavy atom. The molecule has 0 unspecified atom stereocenters. The monoisotopic (exact) mass is 269 g/mol. The highest BCUT2D eigenvalue weighted by Crippen LogP contribution is 2.11. The third kappa shape index (κ3) is 5.17. The van der Waals surface area contributed by atoms with E-state index in [4.69, 9.17) is 0 Å². The number of halogens is 1. The first-order valence-corrected chi connectivity index (χ1v) is 4.38. The average Bonchev–Trinajstić information content (AvgIpc) is 1.80.